The zero-order valence-corrected chi connectivity index (χ0v) is 13.9. The Balaban J connectivity index is 2.08. The van der Waals surface area contributed by atoms with E-state index in [2.05, 4.69) is 48.9 Å². The van der Waals surface area contributed by atoms with E-state index < -0.39 is 12.0 Å². The second-order valence-corrected chi connectivity index (χ2v) is 7.15. The first-order valence-corrected chi connectivity index (χ1v) is 7.77. The molecule has 120 valence electrons. The molecule has 4 heteroatoms. The number of hydrogen-bond donors (Lipinski definition) is 2. The Morgan fingerprint density at radius 2 is 2.05 bits per heavy atom. The van der Waals surface area contributed by atoms with Gasteiger partial charge in [0, 0.05) is 19.8 Å². The summed E-state index contributed by atoms with van der Waals surface area (Å²) in [4.78, 5) is 11.5. The molecule has 0 amide bonds. The molecule has 0 spiro atoms. The van der Waals surface area contributed by atoms with Gasteiger partial charge in [-0.1, -0.05) is 39.0 Å². The quantitative estimate of drug-likeness (QED) is 0.858. The predicted octanol–water partition coefficient (Wildman–Crippen LogP) is 3.55. The summed E-state index contributed by atoms with van der Waals surface area (Å²) in [6, 6.07) is 7.72. The smallest absolute Gasteiger partial charge is 0.320 e. The van der Waals surface area contributed by atoms with Crippen LogP contribution in [0.5, 0.6) is 0 Å². The Labute approximate surface area is 132 Å². The van der Waals surface area contributed by atoms with Crippen molar-refractivity contribution in [2.75, 3.05) is 0 Å². The number of aromatic nitrogens is 1. The number of rotatable bonds is 6. The lowest BCUT2D eigenvalue weighted by atomic mass is 9.88. The molecular weight excluding hydrogens is 276 g/mol. The van der Waals surface area contributed by atoms with Gasteiger partial charge in [-0.25, -0.2) is 0 Å². The van der Waals surface area contributed by atoms with Crippen molar-refractivity contribution in [3.05, 3.63) is 36.0 Å². The van der Waals surface area contributed by atoms with Gasteiger partial charge in [0.1, 0.15) is 6.04 Å². The standard InChI is InChI=1S/C18H26N2O2/c1-18(2,3)10-8-15(17(21)22)19-12-14-7-5-6-13-9-11-20(4)16(13)14/h5-7,9,11,15,19H,8,10,12H2,1-4H3,(H,21,22). The highest BCUT2D eigenvalue weighted by Gasteiger charge is 2.20. The van der Waals surface area contributed by atoms with Gasteiger partial charge < -0.3 is 15.0 Å². The Hall–Kier alpha value is -1.81. The van der Waals surface area contributed by atoms with Crippen LogP contribution in [0, 0.1) is 5.41 Å². The number of para-hydroxylation sites is 1. The summed E-state index contributed by atoms with van der Waals surface area (Å²) in [5.74, 6) is -0.775. The molecule has 22 heavy (non-hydrogen) atoms. The van der Waals surface area contributed by atoms with Crippen LogP contribution < -0.4 is 5.32 Å². The largest absolute Gasteiger partial charge is 0.480 e. The van der Waals surface area contributed by atoms with E-state index in [1.165, 1.54) is 5.39 Å². The van der Waals surface area contributed by atoms with Crippen molar-refractivity contribution in [1.29, 1.82) is 0 Å². The number of carboxylic acid groups (broad SMARTS) is 1. The van der Waals surface area contributed by atoms with E-state index in [1.807, 2.05) is 19.3 Å². The number of nitrogens with zero attached hydrogens (tertiary/aromatic N) is 1. The van der Waals surface area contributed by atoms with Gasteiger partial charge in [-0.15, -0.1) is 0 Å². The number of nitrogens with one attached hydrogen (secondary N) is 1. The second-order valence-electron chi connectivity index (χ2n) is 7.15. The van der Waals surface area contributed by atoms with Crippen LogP contribution in [0.3, 0.4) is 0 Å². The number of fused-ring (bicyclic) bond motifs is 1. The molecule has 2 aromatic rings. The molecule has 0 radical (unpaired) electrons. The van der Waals surface area contributed by atoms with Gasteiger partial charge in [-0.3, -0.25) is 4.79 Å². The van der Waals surface area contributed by atoms with E-state index in [0.717, 1.165) is 17.5 Å². The van der Waals surface area contributed by atoms with Crippen molar-refractivity contribution in [3.63, 3.8) is 0 Å². The number of aryl methyl sites for hydroxylation is 1. The molecule has 0 aliphatic heterocycles. The molecule has 2 rings (SSSR count). The van der Waals surface area contributed by atoms with Gasteiger partial charge in [0.25, 0.3) is 0 Å². The van der Waals surface area contributed by atoms with E-state index in [-0.39, 0.29) is 5.41 Å². The Kier molecular flexibility index (Phi) is 4.91. The number of aliphatic carboxylic acids is 1. The number of carboxylic acids is 1. The first-order chi connectivity index (χ1) is 10.3. The van der Waals surface area contributed by atoms with Crippen LogP contribution in [0.1, 0.15) is 39.2 Å². The molecule has 0 fully saturated rings. The molecule has 1 atom stereocenters. The number of hydrogen-bond acceptors (Lipinski definition) is 2. The SMILES string of the molecule is Cn1ccc2cccc(CNC(CCC(C)(C)C)C(=O)O)c21. The first-order valence-electron chi connectivity index (χ1n) is 7.77. The first kappa shape index (κ1) is 16.6. The fourth-order valence-electron chi connectivity index (χ4n) is 2.71. The summed E-state index contributed by atoms with van der Waals surface area (Å²) in [5.41, 5.74) is 2.44. The normalized spacial score (nSPS) is 13.5. The minimum Gasteiger partial charge on any atom is -0.480 e. The Bertz CT molecular complexity index is 653. The highest BCUT2D eigenvalue weighted by Crippen LogP contribution is 2.23. The molecule has 1 aromatic heterocycles. The molecule has 1 unspecified atom stereocenters. The van der Waals surface area contributed by atoms with Gasteiger partial charge in [0.05, 0.1) is 5.52 Å². The maximum Gasteiger partial charge on any atom is 0.320 e. The van der Waals surface area contributed by atoms with Gasteiger partial charge in [-0.05, 0) is 35.3 Å². The zero-order valence-electron chi connectivity index (χ0n) is 13.9. The average molecular weight is 302 g/mol. The van der Waals surface area contributed by atoms with Crippen molar-refractivity contribution in [1.82, 2.24) is 9.88 Å². The molecule has 0 aliphatic rings. The van der Waals surface area contributed by atoms with Crippen molar-refractivity contribution in [2.24, 2.45) is 12.5 Å². The van der Waals surface area contributed by atoms with E-state index in [9.17, 15) is 9.90 Å². The third-order valence-corrected chi connectivity index (χ3v) is 4.00. The molecule has 4 nitrogen and oxygen atoms in total. The van der Waals surface area contributed by atoms with Gasteiger partial charge in [-0.2, -0.15) is 0 Å². The number of carbonyl (C=O) groups is 1. The molecule has 1 heterocycles. The highest BCUT2D eigenvalue weighted by atomic mass is 16.4. The van der Waals surface area contributed by atoms with Gasteiger partial charge in [0.15, 0.2) is 0 Å². The van der Waals surface area contributed by atoms with E-state index in [4.69, 9.17) is 0 Å². The van der Waals surface area contributed by atoms with Crippen LogP contribution >= 0.6 is 0 Å². The summed E-state index contributed by atoms with van der Waals surface area (Å²) in [5, 5.41) is 13.8. The Morgan fingerprint density at radius 1 is 1.32 bits per heavy atom. The monoisotopic (exact) mass is 302 g/mol. The van der Waals surface area contributed by atoms with Gasteiger partial charge >= 0.3 is 5.97 Å². The fourth-order valence-corrected chi connectivity index (χ4v) is 2.71. The maximum atomic E-state index is 11.5. The van der Waals surface area contributed by atoms with Crippen LogP contribution in [0.15, 0.2) is 30.5 Å². The van der Waals surface area contributed by atoms with Crippen molar-refractivity contribution >= 4 is 16.9 Å². The van der Waals surface area contributed by atoms with E-state index in [1.54, 1.807) is 0 Å². The van der Waals surface area contributed by atoms with Crippen LogP contribution in [0.25, 0.3) is 10.9 Å². The molecule has 0 aliphatic carbocycles. The summed E-state index contributed by atoms with van der Waals surface area (Å²) >= 11 is 0. The van der Waals surface area contributed by atoms with Crippen molar-refractivity contribution in [3.8, 4) is 0 Å². The topological polar surface area (TPSA) is 54.3 Å². The molecule has 2 N–H and O–H groups in total. The zero-order chi connectivity index (χ0) is 16.3. The summed E-state index contributed by atoms with van der Waals surface area (Å²) < 4.78 is 2.08. The van der Waals surface area contributed by atoms with Crippen LogP contribution in [-0.4, -0.2) is 21.7 Å². The van der Waals surface area contributed by atoms with Crippen molar-refractivity contribution in [2.45, 2.75) is 46.2 Å². The fraction of sp³-hybridized carbons (Fsp3) is 0.500. The Morgan fingerprint density at radius 3 is 2.68 bits per heavy atom. The number of benzene rings is 1. The van der Waals surface area contributed by atoms with Crippen molar-refractivity contribution < 1.29 is 9.90 Å². The lowest BCUT2D eigenvalue weighted by Gasteiger charge is -2.22. The van der Waals surface area contributed by atoms with Crippen LogP contribution in [0.4, 0.5) is 0 Å². The highest BCUT2D eigenvalue weighted by molar-refractivity contribution is 5.83. The molecule has 0 bridgehead atoms. The maximum absolute atomic E-state index is 11.5. The summed E-state index contributed by atoms with van der Waals surface area (Å²) in [7, 11) is 2.01. The molecule has 0 saturated heterocycles. The average Bonchev–Trinajstić information content (AvgIpc) is 2.79. The third kappa shape index (κ3) is 4.10. The summed E-state index contributed by atoms with van der Waals surface area (Å²) in [6.45, 7) is 6.97. The molecule has 0 saturated carbocycles. The molecular formula is C18H26N2O2. The van der Waals surface area contributed by atoms with Crippen LogP contribution in [0.2, 0.25) is 0 Å². The predicted molar refractivity (Wildman–Crippen MR) is 89.9 cm³/mol. The summed E-state index contributed by atoms with van der Waals surface area (Å²) in [6.07, 6.45) is 3.55. The lowest BCUT2D eigenvalue weighted by Crippen LogP contribution is -2.37. The minimum absolute atomic E-state index is 0.146. The van der Waals surface area contributed by atoms with E-state index >= 15 is 0 Å². The van der Waals surface area contributed by atoms with Gasteiger partial charge in [0.2, 0.25) is 0 Å². The minimum atomic E-state index is -0.775. The lowest BCUT2D eigenvalue weighted by molar-refractivity contribution is -0.139. The van der Waals surface area contributed by atoms with Crippen LogP contribution in [-0.2, 0) is 18.4 Å². The van der Waals surface area contributed by atoms with E-state index in [0.29, 0.717) is 13.0 Å². The third-order valence-electron chi connectivity index (χ3n) is 4.00. The second kappa shape index (κ2) is 6.53. The molecule has 1 aromatic carbocycles.